The zero-order chi connectivity index (χ0) is 47.8. The molecule has 2 atom stereocenters. The fourth-order valence-corrected chi connectivity index (χ4v) is 8.84. The number of hydrogen-bond donors (Lipinski definition) is 2. The number of rotatable bonds is 16. The van der Waals surface area contributed by atoms with Gasteiger partial charge in [-0.15, -0.1) is 0 Å². The van der Waals surface area contributed by atoms with Crippen LogP contribution in [0.3, 0.4) is 0 Å². The molecule has 8 nitrogen and oxygen atoms in total. The van der Waals surface area contributed by atoms with Crippen molar-refractivity contribution in [1.82, 2.24) is 20.4 Å². The van der Waals surface area contributed by atoms with E-state index in [1.54, 1.807) is 72.8 Å². The molecule has 2 N–H and O–H groups in total. The van der Waals surface area contributed by atoms with Crippen molar-refractivity contribution in [2.45, 2.75) is 37.8 Å². The van der Waals surface area contributed by atoms with Crippen molar-refractivity contribution in [3.8, 4) is 11.5 Å². The number of amides is 2. The lowest BCUT2D eigenvalue weighted by Crippen LogP contribution is -2.43. The molecule has 0 bridgehead atoms. The van der Waals surface area contributed by atoms with Crippen molar-refractivity contribution in [3.05, 3.63) is 201 Å². The van der Waals surface area contributed by atoms with Gasteiger partial charge in [0, 0.05) is 36.1 Å². The monoisotopic (exact) mass is 968 g/mol. The number of nitrogens with zero attached hydrogens (tertiary/aromatic N) is 2. The van der Waals surface area contributed by atoms with E-state index in [2.05, 4.69) is 20.4 Å². The van der Waals surface area contributed by atoms with E-state index in [9.17, 15) is 27.2 Å². The lowest BCUT2D eigenvalue weighted by molar-refractivity contribution is -0.127. The maximum Gasteiger partial charge on any atom is 0.223 e. The summed E-state index contributed by atoms with van der Waals surface area (Å²) in [5, 5.41) is 7.19. The molecule has 0 aliphatic carbocycles. The van der Waals surface area contributed by atoms with Gasteiger partial charge in [0.2, 0.25) is 11.8 Å². The average Bonchev–Trinajstić information content (AvgIpc) is 3.35. The van der Waals surface area contributed by atoms with Gasteiger partial charge < -0.3 is 20.1 Å². The minimum absolute atomic E-state index is 0.121. The number of hydrogen-bond acceptors (Lipinski definition) is 6. The minimum atomic E-state index is -0.684. The lowest BCUT2D eigenvalue weighted by Gasteiger charge is -2.32. The Hall–Kier alpha value is -5.92. The largest absolute Gasteiger partial charge is 0.491 e. The summed E-state index contributed by atoms with van der Waals surface area (Å²) in [7, 11) is 0. The molecule has 0 radical (unpaired) electrons. The van der Waals surface area contributed by atoms with Gasteiger partial charge in [-0.3, -0.25) is 19.4 Å². The molecule has 6 aromatic rings. The molecule has 8 rings (SSSR count). The fraction of sp³-hybridized carbons (Fsp3) is 0.296. The summed E-state index contributed by atoms with van der Waals surface area (Å²) >= 11 is 12.2. The van der Waals surface area contributed by atoms with Gasteiger partial charge in [0.25, 0.3) is 0 Å². The third-order valence-electron chi connectivity index (χ3n) is 12.3. The van der Waals surface area contributed by atoms with Crippen LogP contribution in [0, 0.1) is 35.1 Å². The average molecular weight is 970 g/mol. The van der Waals surface area contributed by atoms with Crippen molar-refractivity contribution >= 4 is 35.0 Å². The number of ether oxygens (including phenoxy) is 2. The molecule has 2 amide bonds. The molecule has 356 valence electrons. The fourth-order valence-electron chi connectivity index (χ4n) is 8.46. The first-order chi connectivity index (χ1) is 33.0. The van der Waals surface area contributed by atoms with Crippen molar-refractivity contribution in [1.29, 1.82) is 0 Å². The quantitative estimate of drug-likeness (QED) is 0.0941. The Morgan fingerprint density at radius 1 is 0.500 bits per heavy atom. The van der Waals surface area contributed by atoms with Gasteiger partial charge in [-0.05, 0) is 124 Å². The summed E-state index contributed by atoms with van der Waals surface area (Å²) < 4.78 is 67.6. The molecule has 2 aliphatic heterocycles. The molecule has 0 aromatic heterocycles. The molecular formula is C54H54Cl2F4N4O4. The van der Waals surface area contributed by atoms with Crippen molar-refractivity contribution in [2.24, 2.45) is 11.8 Å². The zero-order valence-corrected chi connectivity index (χ0v) is 39.0. The second-order valence-electron chi connectivity index (χ2n) is 16.8. The summed E-state index contributed by atoms with van der Waals surface area (Å²) in [6.07, 6.45) is 2.80. The second-order valence-corrected chi connectivity index (χ2v) is 17.6. The van der Waals surface area contributed by atoms with E-state index < -0.39 is 23.7 Å². The third kappa shape index (κ3) is 14.1. The second kappa shape index (κ2) is 24.9. The number of halogens is 6. The summed E-state index contributed by atoms with van der Waals surface area (Å²) in [5.41, 5.74) is 1.98. The molecule has 2 aliphatic rings. The van der Waals surface area contributed by atoms with E-state index in [1.165, 1.54) is 36.4 Å². The smallest absolute Gasteiger partial charge is 0.223 e. The molecule has 0 spiro atoms. The third-order valence-corrected chi connectivity index (χ3v) is 13.0. The van der Waals surface area contributed by atoms with E-state index in [0.29, 0.717) is 82.7 Å². The summed E-state index contributed by atoms with van der Waals surface area (Å²) in [5.74, 6) is -0.839. The van der Waals surface area contributed by atoms with Crippen LogP contribution in [-0.2, 0) is 9.59 Å². The Morgan fingerprint density at radius 3 is 1.19 bits per heavy atom. The van der Waals surface area contributed by atoms with Crippen LogP contribution in [0.1, 0.15) is 60.0 Å². The van der Waals surface area contributed by atoms with E-state index >= 15 is 0 Å². The van der Waals surface area contributed by atoms with Crippen LogP contribution in [0.25, 0.3) is 0 Å². The number of carbonyl (C=O) groups excluding carboxylic acids is 2. The Morgan fingerprint density at radius 2 is 0.838 bits per heavy atom. The first-order valence-corrected chi connectivity index (χ1v) is 23.6. The predicted molar refractivity (Wildman–Crippen MR) is 258 cm³/mol. The minimum Gasteiger partial charge on any atom is -0.491 e. The first kappa shape index (κ1) is 50.0. The normalized spacial score (nSPS) is 15.6. The van der Waals surface area contributed by atoms with Crippen LogP contribution in [0.4, 0.5) is 17.6 Å². The Kier molecular flexibility index (Phi) is 18.3. The molecule has 6 aromatic carbocycles. The molecule has 68 heavy (non-hydrogen) atoms. The van der Waals surface area contributed by atoms with E-state index in [1.807, 2.05) is 36.4 Å². The molecule has 2 fully saturated rings. The van der Waals surface area contributed by atoms with Gasteiger partial charge in [-0.25, -0.2) is 17.6 Å². The molecule has 14 heteroatoms. The van der Waals surface area contributed by atoms with Gasteiger partial charge in [0.1, 0.15) is 48.0 Å². The van der Waals surface area contributed by atoms with Gasteiger partial charge in [0.05, 0.1) is 22.1 Å². The van der Waals surface area contributed by atoms with Crippen molar-refractivity contribution in [3.63, 3.8) is 0 Å². The van der Waals surface area contributed by atoms with E-state index in [-0.39, 0.29) is 35.3 Å². The van der Waals surface area contributed by atoms with Crippen LogP contribution in [0.15, 0.2) is 146 Å². The van der Waals surface area contributed by atoms with Gasteiger partial charge in [-0.2, -0.15) is 0 Å². The SMILES string of the molecule is O=C(NC(c1ccc(F)cc1)c1ccccc1F)C1CCN(CCOc2ccccc2Cl)CC1.O=C(NC(c1ccc(F)cc1)c1ccccc1F)C1CCN(CCOc2ccccc2Cl)CC1. The standard InChI is InChI=1S/2C27H27ClF2N2O2/c2*28-23-6-2-4-8-25(23)34-18-17-32-15-13-20(14-16-32)27(33)31-26(19-9-11-21(29)12-10-19)22-5-1-3-7-24(22)30/h2*1-12,20,26H,13-18H2,(H,31,33). The van der Waals surface area contributed by atoms with Crippen molar-refractivity contribution < 1.29 is 36.6 Å². The number of piperidine rings is 2. The Labute approximate surface area is 405 Å². The first-order valence-electron chi connectivity index (χ1n) is 22.8. The topological polar surface area (TPSA) is 83.1 Å². The highest BCUT2D eigenvalue weighted by molar-refractivity contribution is 6.32. The molecule has 2 saturated heterocycles. The molecule has 2 heterocycles. The highest BCUT2D eigenvalue weighted by atomic mass is 35.5. The van der Waals surface area contributed by atoms with Gasteiger partial charge in [-0.1, -0.05) is 108 Å². The Bertz CT molecular complexity index is 2380. The summed E-state index contributed by atoms with van der Waals surface area (Å²) in [6.45, 7) is 5.59. The number of para-hydroxylation sites is 2. The highest BCUT2D eigenvalue weighted by Crippen LogP contribution is 2.30. The lowest BCUT2D eigenvalue weighted by atomic mass is 9.93. The van der Waals surface area contributed by atoms with Crippen LogP contribution in [-0.4, -0.2) is 74.1 Å². The summed E-state index contributed by atoms with van der Waals surface area (Å²) in [4.78, 5) is 30.7. The number of likely N-dealkylation sites (tertiary alicyclic amines) is 2. The van der Waals surface area contributed by atoms with Crippen molar-refractivity contribution in [2.75, 3.05) is 52.5 Å². The van der Waals surface area contributed by atoms with Gasteiger partial charge in [0.15, 0.2) is 0 Å². The number of nitrogens with one attached hydrogen (secondary N) is 2. The van der Waals surface area contributed by atoms with E-state index in [4.69, 9.17) is 32.7 Å². The number of benzene rings is 6. The molecule has 0 saturated carbocycles. The highest BCUT2D eigenvalue weighted by Gasteiger charge is 2.30. The van der Waals surface area contributed by atoms with Crippen LogP contribution in [0.5, 0.6) is 11.5 Å². The number of carbonyl (C=O) groups is 2. The zero-order valence-electron chi connectivity index (χ0n) is 37.4. The predicted octanol–water partition coefficient (Wildman–Crippen LogP) is 11.2. The maximum absolute atomic E-state index is 14.6. The Balaban J connectivity index is 0.000000201. The maximum atomic E-state index is 14.6. The van der Waals surface area contributed by atoms with E-state index in [0.717, 1.165) is 39.3 Å². The molecular weight excluding hydrogens is 916 g/mol. The van der Waals surface area contributed by atoms with Crippen LogP contribution in [0.2, 0.25) is 10.0 Å². The van der Waals surface area contributed by atoms with Crippen LogP contribution < -0.4 is 20.1 Å². The summed E-state index contributed by atoms with van der Waals surface area (Å²) in [6, 6.07) is 37.6. The molecule has 2 unspecified atom stereocenters. The van der Waals surface area contributed by atoms with Crippen LogP contribution >= 0.6 is 23.2 Å². The van der Waals surface area contributed by atoms with Gasteiger partial charge >= 0.3 is 0 Å².